The first-order valence-electron chi connectivity index (χ1n) is 8.85. The van der Waals surface area contributed by atoms with Crippen LogP contribution in [0.15, 0.2) is 30.3 Å². The molecule has 0 aliphatic heterocycles. The maximum absolute atomic E-state index is 12.6. The molecule has 0 unspecified atom stereocenters. The van der Waals surface area contributed by atoms with E-state index < -0.39 is 0 Å². The van der Waals surface area contributed by atoms with E-state index in [1.165, 1.54) is 0 Å². The van der Waals surface area contributed by atoms with E-state index in [9.17, 15) is 4.79 Å². The minimum Gasteiger partial charge on any atom is -0.497 e. The summed E-state index contributed by atoms with van der Waals surface area (Å²) < 4.78 is 7.31. The van der Waals surface area contributed by atoms with Gasteiger partial charge in [0.05, 0.1) is 12.7 Å². The summed E-state index contributed by atoms with van der Waals surface area (Å²) >= 11 is 0. The molecule has 0 bridgehead atoms. The van der Waals surface area contributed by atoms with Crippen molar-refractivity contribution in [3.8, 4) is 11.4 Å². The number of rotatable bonds is 8. The molecule has 5 heteroatoms. The van der Waals surface area contributed by atoms with Gasteiger partial charge in [-0.1, -0.05) is 13.8 Å². The van der Waals surface area contributed by atoms with Gasteiger partial charge in [0.2, 0.25) is 0 Å². The number of likely N-dealkylation sites (N-methyl/N-ethyl adjacent to an activating group) is 1. The third-order valence-corrected chi connectivity index (χ3v) is 4.61. The maximum atomic E-state index is 12.6. The highest BCUT2D eigenvalue weighted by Gasteiger charge is 2.16. The van der Waals surface area contributed by atoms with Crippen LogP contribution in [0, 0.1) is 13.8 Å². The van der Waals surface area contributed by atoms with Crippen LogP contribution in [0.3, 0.4) is 0 Å². The molecule has 25 heavy (non-hydrogen) atoms. The van der Waals surface area contributed by atoms with Crippen LogP contribution in [0.4, 0.5) is 0 Å². The second-order valence-corrected chi connectivity index (χ2v) is 6.10. The fraction of sp³-hybridized carbons (Fsp3) is 0.450. The van der Waals surface area contributed by atoms with E-state index in [4.69, 9.17) is 4.74 Å². The van der Waals surface area contributed by atoms with Crippen molar-refractivity contribution >= 4 is 5.91 Å². The van der Waals surface area contributed by atoms with Gasteiger partial charge in [0.25, 0.3) is 5.91 Å². The Bertz CT molecular complexity index is 700. The Kier molecular flexibility index (Phi) is 6.65. The highest BCUT2D eigenvalue weighted by molar-refractivity contribution is 5.95. The molecule has 1 heterocycles. The molecule has 1 aromatic heterocycles. The van der Waals surface area contributed by atoms with Crippen molar-refractivity contribution in [1.82, 2.24) is 14.8 Å². The van der Waals surface area contributed by atoms with Gasteiger partial charge in [-0.15, -0.1) is 0 Å². The number of hydrogen-bond acceptors (Lipinski definition) is 3. The standard InChI is InChI=1S/C20H29N3O2/c1-6-22(7-2)13-12-21-20(24)19-14-15(3)23(16(19)4)17-8-10-18(25-5)11-9-17/h8-11,14H,6-7,12-13H2,1-5H3,(H,21,24). The third kappa shape index (κ3) is 4.42. The molecular weight excluding hydrogens is 314 g/mol. The summed E-state index contributed by atoms with van der Waals surface area (Å²) in [6.45, 7) is 11.8. The number of hydrogen-bond donors (Lipinski definition) is 1. The van der Waals surface area contributed by atoms with Gasteiger partial charge in [-0.2, -0.15) is 0 Å². The Hall–Kier alpha value is -2.27. The molecule has 0 saturated carbocycles. The van der Waals surface area contributed by atoms with Gasteiger partial charge in [-0.25, -0.2) is 0 Å². The molecule has 2 aromatic rings. The summed E-state index contributed by atoms with van der Waals surface area (Å²) in [6.07, 6.45) is 0. The number of methoxy groups -OCH3 is 1. The van der Waals surface area contributed by atoms with Crippen LogP contribution in [0.2, 0.25) is 0 Å². The minimum atomic E-state index is -0.0139. The number of benzene rings is 1. The van der Waals surface area contributed by atoms with Crippen molar-refractivity contribution in [3.63, 3.8) is 0 Å². The normalized spacial score (nSPS) is 11.0. The average Bonchev–Trinajstić information content (AvgIpc) is 2.93. The van der Waals surface area contributed by atoms with Gasteiger partial charge in [0, 0.05) is 30.2 Å². The van der Waals surface area contributed by atoms with Crippen molar-refractivity contribution in [2.24, 2.45) is 0 Å². The molecule has 0 aliphatic carbocycles. The highest BCUT2D eigenvalue weighted by Crippen LogP contribution is 2.22. The van der Waals surface area contributed by atoms with Gasteiger partial charge in [-0.3, -0.25) is 4.79 Å². The maximum Gasteiger partial charge on any atom is 0.253 e. The topological polar surface area (TPSA) is 46.5 Å². The Balaban J connectivity index is 2.13. The van der Waals surface area contributed by atoms with E-state index >= 15 is 0 Å². The fourth-order valence-corrected chi connectivity index (χ4v) is 3.08. The summed E-state index contributed by atoms with van der Waals surface area (Å²) in [7, 11) is 1.65. The van der Waals surface area contributed by atoms with Crippen LogP contribution in [0.1, 0.15) is 35.6 Å². The van der Waals surface area contributed by atoms with Crippen LogP contribution in [0.5, 0.6) is 5.75 Å². The van der Waals surface area contributed by atoms with Gasteiger partial charge >= 0.3 is 0 Å². The van der Waals surface area contributed by atoms with E-state index in [0.29, 0.717) is 6.54 Å². The van der Waals surface area contributed by atoms with Gasteiger partial charge in [0.1, 0.15) is 5.75 Å². The van der Waals surface area contributed by atoms with Gasteiger partial charge in [0.15, 0.2) is 0 Å². The zero-order valence-corrected chi connectivity index (χ0v) is 15.9. The Morgan fingerprint density at radius 3 is 2.36 bits per heavy atom. The molecule has 0 spiro atoms. The number of nitrogens with zero attached hydrogens (tertiary/aromatic N) is 2. The second kappa shape index (κ2) is 8.72. The number of aromatic nitrogens is 1. The SMILES string of the molecule is CCN(CC)CCNC(=O)c1cc(C)n(-c2ccc(OC)cc2)c1C. The van der Waals surface area contributed by atoms with E-state index in [1.54, 1.807) is 7.11 Å². The summed E-state index contributed by atoms with van der Waals surface area (Å²) in [5.74, 6) is 0.806. The van der Waals surface area contributed by atoms with Crippen LogP contribution in [-0.2, 0) is 0 Å². The van der Waals surface area contributed by atoms with Crippen molar-refractivity contribution in [2.75, 3.05) is 33.3 Å². The smallest absolute Gasteiger partial charge is 0.253 e. The Labute approximate surface area is 150 Å². The first kappa shape index (κ1) is 19.1. The summed E-state index contributed by atoms with van der Waals surface area (Å²) in [6, 6.07) is 9.81. The molecule has 1 aromatic carbocycles. The number of ether oxygens (including phenoxy) is 1. The van der Waals surface area contributed by atoms with E-state index in [-0.39, 0.29) is 5.91 Å². The van der Waals surface area contributed by atoms with Crippen molar-refractivity contribution in [2.45, 2.75) is 27.7 Å². The van der Waals surface area contributed by atoms with E-state index in [2.05, 4.69) is 28.6 Å². The predicted molar refractivity (Wildman–Crippen MR) is 102 cm³/mol. The van der Waals surface area contributed by atoms with Crippen LogP contribution < -0.4 is 10.1 Å². The van der Waals surface area contributed by atoms with Crippen molar-refractivity contribution < 1.29 is 9.53 Å². The fourth-order valence-electron chi connectivity index (χ4n) is 3.08. The first-order valence-corrected chi connectivity index (χ1v) is 8.85. The second-order valence-electron chi connectivity index (χ2n) is 6.10. The molecular formula is C20H29N3O2. The summed E-state index contributed by atoms with van der Waals surface area (Å²) in [5.41, 5.74) is 3.74. The Morgan fingerprint density at radius 2 is 1.80 bits per heavy atom. The van der Waals surface area contributed by atoms with Crippen LogP contribution in [0.25, 0.3) is 5.69 Å². The predicted octanol–water partition coefficient (Wildman–Crippen LogP) is 3.17. The highest BCUT2D eigenvalue weighted by atomic mass is 16.5. The number of amides is 1. The molecule has 0 saturated heterocycles. The molecule has 136 valence electrons. The lowest BCUT2D eigenvalue weighted by Crippen LogP contribution is -2.34. The third-order valence-electron chi connectivity index (χ3n) is 4.61. The molecule has 0 atom stereocenters. The quantitative estimate of drug-likeness (QED) is 0.801. The molecule has 2 rings (SSSR count). The summed E-state index contributed by atoms with van der Waals surface area (Å²) in [4.78, 5) is 14.9. The van der Waals surface area contributed by atoms with Gasteiger partial charge in [-0.05, 0) is 57.3 Å². The van der Waals surface area contributed by atoms with Crippen molar-refractivity contribution in [1.29, 1.82) is 0 Å². The number of carbonyl (C=O) groups is 1. The zero-order valence-electron chi connectivity index (χ0n) is 15.9. The van der Waals surface area contributed by atoms with Crippen LogP contribution >= 0.6 is 0 Å². The number of nitrogens with one attached hydrogen (secondary N) is 1. The van der Waals surface area contributed by atoms with Gasteiger partial charge < -0.3 is 19.5 Å². The Morgan fingerprint density at radius 1 is 1.16 bits per heavy atom. The average molecular weight is 343 g/mol. The molecule has 5 nitrogen and oxygen atoms in total. The molecule has 0 fully saturated rings. The molecule has 1 amide bonds. The lowest BCUT2D eigenvalue weighted by Gasteiger charge is -2.18. The van der Waals surface area contributed by atoms with E-state index in [0.717, 1.165) is 48.0 Å². The minimum absolute atomic E-state index is 0.0139. The molecule has 0 radical (unpaired) electrons. The lowest BCUT2D eigenvalue weighted by atomic mass is 10.2. The summed E-state index contributed by atoms with van der Waals surface area (Å²) in [5, 5.41) is 3.04. The molecule has 0 aliphatic rings. The number of carbonyl (C=O) groups excluding carboxylic acids is 1. The molecule has 1 N–H and O–H groups in total. The van der Waals surface area contributed by atoms with Crippen LogP contribution in [-0.4, -0.2) is 48.7 Å². The first-order chi connectivity index (χ1) is 12.0. The largest absolute Gasteiger partial charge is 0.497 e. The lowest BCUT2D eigenvalue weighted by molar-refractivity contribution is 0.0948. The zero-order chi connectivity index (χ0) is 18.4. The van der Waals surface area contributed by atoms with Crippen molar-refractivity contribution in [3.05, 3.63) is 47.3 Å². The number of aryl methyl sites for hydroxylation is 1. The monoisotopic (exact) mass is 343 g/mol. The van der Waals surface area contributed by atoms with E-state index in [1.807, 2.05) is 44.2 Å².